The summed E-state index contributed by atoms with van der Waals surface area (Å²) in [7, 11) is 1.67. The van der Waals surface area contributed by atoms with E-state index in [0.29, 0.717) is 5.69 Å². The maximum absolute atomic E-state index is 10.9. The minimum atomic E-state index is -0.593. The van der Waals surface area contributed by atoms with Crippen molar-refractivity contribution in [3.05, 3.63) is 29.3 Å². The molecule has 2 amide bonds. The van der Waals surface area contributed by atoms with Crippen LogP contribution in [0.3, 0.4) is 0 Å². The predicted octanol–water partition coefficient (Wildman–Crippen LogP) is -0.0739. The Bertz CT molecular complexity index is 355. The van der Waals surface area contributed by atoms with Gasteiger partial charge in [-0.2, -0.15) is 0 Å². The van der Waals surface area contributed by atoms with Crippen molar-refractivity contribution in [3.8, 4) is 0 Å². The number of hydrogen-bond donors (Lipinski definition) is 3. The first kappa shape index (κ1) is 10.0. The highest BCUT2D eigenvalue weighted by Gasteiger charge is 2.07. The smallest absolute Gasteiger partial charge is 0.248 e. The Morgan fingerprint density at radius 3 is 1.79 bits per heavy atom. The predicted molar refractivity (Wildman–Crippen MR) is 53.0 cm³/mol. The number of amides is 2. The molecule has 0 aliphatic rings. The van der Waals surface area contributed by atoms with E-state index in [1.54, 1.807) is 19.2 Å². The van der Waals surface area contributed by atoms with Crippen LogP contribution in [0.1, 0.15) is 20.7 Å². The maximum atomic E-state index is 10.9. The molecule has 74 valence electrons. The molecule has 0 fully saturated rings. The summed E-state index contributed by atoms with van der Waals surface area (Å²) in [5.41, 5.74) is 11.3. The van der Waals surface area contributed by atoms with Crippen LogP contribution in [0.25, 0.3) is 0 Å². The first-order valence-corrected chi connectivity index (χ1v) is 3.97. The molecule has 5 nitrogen and oxygen atoms in total. The summed E-state index contributed by atoms with van der Waals surface area (Å²) in [6.45, 7) is 0. The van der Waals surface area contributed by atoms with E-state index in [9.17, 15) is 9.59 Å². The summed E-state index contributed by atoms with van der Waals surface area (Å²) in [5.74, 6) is -1.19. The van der Waals surface area contributed by atoms with Gasteiger partial charge in [-0.3, -0.25) is 9.59 Å². The van der Waals surface area contributed by atoms with Gasteiger partial charge in [-0.15, -0.1) is 0 Å². The molecule has 0 saturated heterocycles. The van der Waals surface area contributed by atoms with Gasteiger partial charge in [0, 0.05) is 23.9 Å². The largest absolute Gasteiger partial charge is 0.388 e. The topological polar surface area (TPSA) is 98.2 Å². The third kappa shape index (κ3) is 2.01. The van der Waals surface area contributed by atoms with Gasteiger partial charge in [-0.1, -0.05) is 0 Å². The Hall–Kier alpha value is -2.04. The third-order valence-electron chi connectivity index (χ3n) is 1.79. The standard InChI is InChI=1S/C9H11N3O2/c1-12-7-3-5(8(10)13)2-6(4-7)9(11)14/h2-4,12H,1H3,(H2,10,13)(H2,11,14). The van der Waals surface area contributed by atoms with Gasteiger partial charge >= 0.3 is 0 Å². The molecule has 1 aromatic rings. The van der Waals surface area contributed by atoms with Crippen molar-refractivity contribution >= 4 is 17.5 Å². The molecule has 5 N–H and O–H groups in total. The Balaban J connectivity index is 3.27. The molecule has 0 spiro atoms. The zero-order valence-electron chi connectivity index (χ0n) is 7.70. The molecule has 1 rings (SSSR count). The van der Waals surface area contributed by atoms with E-state index in [1.165, 1.54) is 6.07 Å². The van der Waals surface area contributed by atoms with E-state index in [0.717, 1.165) is 0 Å². The zero-order valence-corrected chi connectivity index (χ0v) is 7.70. The van der Waals surface area contributed by atoms with E-state index < -0.39 is 11.8 Å². The molecule has 1 aromatic carbocycles. The van der Waals surface area contributed by atoms with Crippen LogP contribution in [-0.4, -0.2) is 18.9 Å². The van der Waals surface area contributed by atoms with Crippen LogP contribution in [0.2, 0.25) is 0 Å². The SMILES string of the molecule is CNc1cc(C(N)=O)cc(C(N)=O)c1. The molecule has 0 radical (unpaired) electrons. The van der Waals surface area contributed by atoms with E-state index in [4.69, 9.17) is 11.5 Å². The Kier molecular flexibility index (Phi) is 2.71. The van der Waals surface area contributed by atoms with E-state index in [2.05, 4.69) is 5.32 Å². The van der Waals surface area contributed by atoms with Gasteiger partial charge < -0.3 is 16.8 Å². The van der Waals surface area contributed by atoms with E-state index in [-0.39, 0.29) is 11.1 Å². The molecular weight excluding hydrogens is 182 g/mol. The number of nitrogens with two attached hydrogens (primary N) is 2. The molecule has 0 heterocycles. The second-order valence-corrected chi connectivity index (χ2v) is 2.78. The van der Waals surface area contributed by atoms with Crippen LogP contribution < -0.4 is 16.8 Å². The Labute approximate surface area is 81.1 Å². The highest BCUT2D eigenvalue weighted by atomic mass is 16.1. The van der Waals surface area contributed by atoms with Crippen molar-refractivity contribution in [2.75, 3.05) is 12.4 Å². The third-order valence-corrected chi connectivity index (χ3v) is 1.79. The van der Waals surface area contributed by atoms with Gasteiger partial charge in [0.05, 0.1) is 0 Å². The number of benzene rings is 1. The van der Waals surface area contributed by atoms with Crippen LogP contribution >= 0.6 is 0 Å². The fourth-order valence-corrected chi connectivity index (χ4v) is 1.06. The number of carbonyl (C=O) groups is 2. The lowest BCUT2D eigenvalue weighted by atomic mass is 10.1. The van der Waals surface area contributed by atoms with Gasteiger partial charge in [-0.05, 0) is 18.2 Å². The fraction of sp³-hybridized carbons (Fsp3) is 0.111. The average Bonchev–Trinajstić information content (AvgIpc) is 2.16. The van der Waals surface area contributed by atoms with Crippen molar-refractivity contribution in [1.82, 2.24) is 0 Å². The minimum Gasteiger partial charge on any atom is -0.388 e. The lowest BCUT2D eigenvalue weighted by molar-refractivity contribution is 0.0999. The molecule has 0 bridgehead atoms. The van der Waals surface area contributed by atoms with Gasteiger partial charge in [0.1, 0.15) is 0 Å². The average molecular weight is 193 g/mol. The van der Waals surface area contributed by atoms with Crippen molar-refractivity contribution < 1.29 is 9.59 Å². The minimum absolute atomic E-state index is 0.255. The first-order valence-electron chi connectivity index (χ1n) is 3.97. The summed E-state index contributed by atoms with van der Waals surface area (Å²) in [4.78, 5) is 21.8. The Morgan fingerprint density at radius 2 is 1.50 bits per heavy atom. The highest BCUT2D eigenvalue weighted by molar-refractivity contribution is 5.99. The maximum Gasteiger partial charge on any atom is 0.248 e. The number of hydrogen-bond acceptors (Lipinski definition) is 3. The van der Waals surface area contributed by atoms with Crippen LogP contribution in [0.5, 0.6) is 0 Å². The van der Waals surface area contributed by atoms with Gasteiger partial charge in [0.15, 0.2) is 0 Å². The quantitative estimate of drug-likeness (QED) is 0.626. The summed E-state index contributed by atoms with van der Waals surface area (Å²) in [5, 5.41) is 2.80. The lowest BCUT2D eigenvalue weighted by Crippen LogP contribution is -2.16. The van der Waals surface area contributed by atoms with Gasteiger partial charge in [-0.25, -0.2) is 0 Å². The van der Waals surface area contributed by atoms with Gasteiger partial charge in [0.2, 0.25) is 11.8 Å². The molecule has 0 atom stereocenters. The van der Waals surface area contributed by atoms with Crippen molar-refractivity contribution in [2.24, 2.45) is 11.5 Å². The molecule has 0 aliphatic heterocycles. The van der Waals surface area contributed by atoms with Crippen LogP contribution in [-0.2, 0) is 0 Å². The molecule has 5 heteroatoms. The number of anilines is 1. The van der Waals surface area contributed by atoms with Crippen LogP contribution in [0, 0.1) is 0 Å². The molecular formula is C9H11N3O2. The molecule has 0 aromatic heterocycles. The summed E-state index contributed by atoms with van der Waals surface area (Å²) in [6, 6.07) is 4.47. The molecule has 0 saturated carbocycles. The second-order valence-electron chi connectivity index (χ2n) is 2.78. The second kappa shape index (κ2) is 3.78. The monoisotopic (exact) mass is 193 g/mol. The number of carbonyl (C=O) groups excluding carboxylic acids is 2. The number of primary amides is 2. The molecule has 0 aliphatic carbocycles. The summed E-state index contributed by atoms with van der Waals surface area (Å²) < 4.78 is 0. The fourth-order valence-electron chi connectivity index (χ4n) is 1.06. The lowest BCUT2D eigenvalue weighted by Gasteiger charge is -2.04. The highest BCUT2D eigenvalue weighted by Crippen LogP contribution is 2.13. The number of rotatable bonds is 3. The van der Waals surface area contributed by atoms with Gasteiger partial charge in [0.25, 0.3) is 0 Å². The summed E-state index contributed by atoms with van der Waals surface area (Å²) in [6.07, 6.45) is 0. The summed E-state index contributed by atoms with van der Waals surface area (Å²) >= 11 is 0. The zero-order chi connectivity index (χ0) is 10.7. The van der Waals surface area contributed by atoms with Crippen molar-refractivity contribution in [3.63, 3.8) is 0 Å². The van der Waals surface area contributed by atoms with E-state index in [1.807, 2.05) is 0 Å². The van der Waals surface area contributed by atoms with Crippen molar-refractivity contribution in [1.29, 1.82) is 0 Å². The molecule has 0 unspecified atom stereocenters. The van der Waals surface area contributed by atoms with E-state index >= 15 is 0 Å². The van der Waals surface area contributed by atoms with Crippen LogP contribution in [0.4, 0.5) is 5.69 Å². The molecule has 14 heavy (non-hydrogen) atoms. The van der Waals surface area contributed by atoms with Crippen molar-refractivity contribution in [2.45, 2.75) is 0 Å². The Morgan fingerprint density at radius 1 is 1.07 bits per heavy atom. The van der Waals surface area contributed by atoms with Crippen LogP contribution in [0.15, 0.2) is 18.2 Å². The first-order chi connectivity index (χ1) is 6.54. The number of nitrogens with one attached hydrogen (secondary N) is 1. The normalized spacial score (nSPS) is 9.50.